The van der Waals surface area contributed by atoms with Gasteiger partial charge in [0, 0.05) is 12.1 Å². The van der Waals surface area contributed by atoms with Crippen LogP contribution in [0.3, 0.4) is 0 Å². The first-order chi connectivity index (χ1) is 9.55. The number of aliphatic hydroxyl groups is 2. The van der Waals surface area contributed by atoms with Crippen LogP contribution in [0.2, 0.25) is 0 Å². The third kappa shape index (κ3) is 5.12. The average Bonchev–Trinajstić information content (AvgIpc) is 2.47. The van der Waals surface area contributed by atoms with Crippen molar-refractivity contribution >= 4 is 0 Å². The fraction of sp³-hybridized carbons (Fsp3) is 0.625. The molecule has 0 aliphatic heterocycles. The van der Waals surface area contributed by atoms with Crippen LogP contribution >= 0.6 is 0 Å². The third-order valence-corrected chi connectivity index (χ3v) is 3.80. The fourth-order valence-corrected chi connectivity index (χ4v) is 2.07. The van der Waals surface area contributed by atoms with E-state index in [9.17, 15) is 10.2 Å². The summed E-state index contributed by atoms with van der Waals surface area (Å²) in [6, 6.07) is 7.75. The van der Waals surface area contributed by atoms with E-state index >= 15 is 0 Å². The number of hydrogen-bond acceptors (Lipinski definition) is 4. The zero-order valence-electron chi connectivity index (χ0n) is 12.7. The van der Waals surface area contributed by atoms with Gasteiger partial charge in [-0.25, -0.2) is 0 Å². The molecule has 114 valence electrons. The number of aliphatic hydroxyl groups excluding tert-OH is 2. The van der Waals surface area contributed by atoms with E-state index < -0.39 is 6.10 Å². The van der Waals surface area contributed by atoms with Crippen LogP contribution in [0.5, 0.6) is 5.75 Å². The second kappa shape index (κ2) is 8.25. The standard InChI is InChI=1S/C16H27NO3/c1-4-16(5-2,12-18)17-10-14(19)11-20-15-8-6-7-13(3)9-15/h6-9,14,17-19H,4-5,10-12H2,1-3H3. The number of β-amino-alcohol motifs (C(OH)–C–C–N with tert-alkyl or cyclic N) is 1. The second-order valence-electron chi connectivity index (χ2n) is 5.31. The van der Waals surface area contributed by atoms with Crippen LogP contribution in [0.4, 0.5) is 0 Å². The van der Waals surface area contributed by atoms with E-state index in [1.807, 2.05) is 45.0 Å². The summed E-state index contributed by atoms with van der Waals surface area (Å²) in [4.78, 5) is 0. The van der Waals surface area contributed by atoms with Crippen molar-refractivity contribution in [3.63, 3.8) is 0 Å². The minimum Gasteiger partial charge on any atom is -0.491 e. The van der Waals surface area contributed by atoms with Gasteiger partial charge in [-0.2, -0.15) is 0 Å². The molecule has 0 saturated carbocycles. The maximum Gasteiger partial charge on any atom is 0.119 e. The Morgan fingerprint density at radius 2 is 2.00 bits per heavy atom. The highest BCUT2D eigenvalue weighted by atomic mass is 16.5. The average molecular weight is 281 g/mol. The molecule has 1 unspecified atom stereocenters. The van der Waals surface area contributed by atoms with Gasteiger partial charge in [0.2, 0.25) is 0 Å². The number of nitrogens with one attached hydrogen (secondary N) is 1. The van der Waals surface area contributed by atoms with Crippen molar-refractivity contribution < 1.29 is 14.9 Å². The monoisotopic (exact) mass is 281 g/mol. The largest absolute Gasteiger partial charge is 0.491 e. The van der Waals surface area contributed by atoms with E-state index in [1.54, 1.807) is 0 Å². The Hall–Kier alpha value is -1.10. The molecular formula is C16H27NO3. The number of hydrogen-bond donors (Lipinski definition) is 3. The highest BCUT2D eigenvalue weighted by Crippen LogP contribution is 2.15. The zero-order chi connectivity index (χ0) is 15.0. The minimum absolute atomic E-state index is 0.0749. The normalized spacial score (nSPS) is 13.2. The van der Waals surface area contributed by atoms with Gasteiger partial charge in [0.25, 0.3) is 0 Å². The summed E-state index contributed by atoms with van der Waals surface area (Å²) >= 11 is 0. The molecule has 4 nitrogen and oxygen atoms in total. The summed E-state index contributed by atoms with van der Waals surface area (Å²) < 4.78 is 5.56. The van der Waals surface area contributed by atoms with Crippen molar-refractivity contribution in [2.75, 3.05) is 19.8 Å². The van der Waals surface area contributed by atoms with E-state index in [4.69, 9.17) is 4.74 Å². The summed E-state index contributed by atoms with van der Waals surface area (Å²) in [6.45, 7) is 6.79. The molecule has 0 bridgehead atoms. The van der Waals surface area contributed by atoms with Crippen LogP contribution in [0.15, 0.2) is 24.3 Å². The van der Waals surface area contributed by atoms with Gasteiger partial charge in [0.15, 0.2) is 0 Å². The number of ether oxygens (including phenoxy) is 1. The van der Waals surface area contributed by atoms with E-state index in [-0.39, 0.29) is 18.8 Å². The molecule has 1 atom stereocenters. The molecule has 0 spiro atoms. The van der Waals surface area contributed by atoms with Crippen molar-refractivity contribution in [2.45, 2.75) is 45.3 Å². The maximum atomic E-state index is 9.96. The first kappa shape index (κ1) is 17.0. The lowest BCUT2D eigenvalue weighted by Gasteiger charge is -2.32. The molecule has 0 aliphatic carbocycles. The molecule has 0 saturated heterocycles. The van der Waals surface area contributed by atoms with Crippen LogP contribution in [0.25, 0.3) is 0 Å². The van der Waals surface area contributed by atoms with Gasteiger partial charge in [-0.15, -0.1) is 0 Å². The van der Waals surface area contributed by atoms with E-state index in [0.717, 1.165) is 24.2 Å². The summed E-state index contributed by atoms with van der Waals surface area (Å²) in [5, 5.41) is 22.7. The van der Waals surface area contributed by atoms with E-state index in [0.29, 0.717) is 6.54 Å². The molecular weight excluding hydrogens is 254 g/mol. The summed E-state index contributed by atoms with van der Waals surface area (Å²) in [5.74, 6) is 0.767. The van der Waals surface area contributed by atoms with Gasteiger partial charge in [0.05, 0.1) is 6.61 Å². The second-order valence-corrected chi connectivity index (χ2v) is 5.31. The Morgan fingerprint density at radius 3 is 2.55 bits per heavy atom. The van der Waals surface area contributed by atoms with Gasteiger partial charge in [-0.1, -0.05) is 26.0 Å². The molecule has 1 aromatic carbocycles. The number of benzene rings is 1. The van der Waals surface area contributed by atoms with Crippen molar-refractivity contribution in [1.29, 1.82) is 0 Å². The Balaban J connectivity index is 2.38. The topological polar surface area (TPSA) is 61.7 Å². The van der Waals surface area contributed by atoms with Crippen LogP contribution in [-0.2, 0) is 0 Å². The highest BCUT2D eigenvalue weighted by Gasteiger charge is 2.25. The SMILES string of the molecule is CCC(CC)(CO)NCC(O)COc1cccc(C)c1. The van der Waals surface area contributed by atoms with Gasteiger partial charge in [-0.3, -0.25) is 0 Å². The maximum absolute atomic E-state index is 9.96. The predicted molar refractivity (Wildman–Crippen MR) is 81.1 cm³/mol. The van der Waals surface area contributed by atoms with Gasteiger partial charge >= 0.3 is 0 Å². The van der Waals surface area contributed by atoms with Crippen molar-refractivity contribution in [3.8, 4) is 5.75 Å². The lowest BCUT2D eigenvalue weighted by Crippen LogP contribution is -2.50. The van der Waals surface area contributed by atoms with Crippen LogP contribution in [0.1, 0.15) is 32.3 Å². The van der Waals surface area contributed by atoms with E-state index in [1.165, 1.54) is 0 Å². The highest BCUT2D eigenvalue weighted by molar-refractivity contribution is 5.27. The zero-order valence-corrected chi connectivity index (χ0v) is 12.7. The van der Waals surface area contributed by atoms with Crippen LogP contribution in [-0.4, -0.2) is 41.6 Å². The molecule has 0 heterocycles. The summed E-state index contributed by atoms with van der Waals surface area (Å²) in [6.07, 6.45) is 1.05. The Labute approximate surface area is 121 Å². The molecule has 1 aromatic rings. The molecule has 0 aromatic heterocycles. The molecule has 3 N–H and O–H groups in total. The predicted octanol–water partition coefficient (Wildman–Crippen LogP) is 1.88. The molecule has 0 fully saturated rings. The molecule has 20 heavy (non-hydrogen) atoms. The fourth-order valence-electron chi connectivity index (χ4n) is 2.07. The van der Waals surface area contributed by atoms with Crippen molar-refractivity contribution in [3.05, 3.63) is 29.8 Å². The molecule has 0 radical (unpaired) electrons. The number of aryl methyl sites for hydroxylation is 1. The molecule has 0 amide bonds. The third-order valence-electron chi connectivity index (χ3n) is 3.80. The Bertz CT molecular complexity index is 383. The quantitative estimate of drug-likeness (QED) is 0.647. The Morgan fingerprint density at radius 1 is 1.30 bits per heavy atom. The molecule has 4 heteroatoms. The lowest BCUT2D eigenvalue weighted by molar-refractivity contribution is 0.0812. The van der Waals surface area contributed by atoms with Gasteiger partial charge in [0.1, 0.15) is 18.5 Å². The molecule has 0 aliphatic rings. The first-order valence-electron chi connectivity index (χ1n) is 7.28. The first-order valence-corrected chi connectivity index (χ1v) is 7.28. The summed E-state index contributed by atoms with van der Waals surface area (Å²) in [5.41, 5.74) is 0.830. The molecule has 1 rings (SSSR count). The van der Waals surface area contributed by atoms with Crippen molar-refractivity contribution in [1.82, 2.24) is 5.32 Å². The smallest absolute Gasteiger partial charge is 0.119 e. The van der Waals surface area contributed by atoms with Gasteiger partial charge in [-0.05, 0) is 37.5 Å². The lowest BCUT2D eigenvalue weighted by atomic mass is 9.94. The van der Waals surface area contributed by atoms with E-state index in [2.05, 4.69) is 5.32 Å². The van der Waals surface area contributed by atoms with Crippen LogP contribution in [0, 0.1) is 6.92 Å². The minimum atomic E-state index is -0.598. The van der Waals surface area contributed by atoms with Crippen LogP contribution < -0.4 is 10.1 Å². The Kier molecular flexibility index (Phi) is 6.99. The van der Waals surface area contributed by atoms with Gasteiger partial charge < -0.3 is 20.3 Å². The summed E-state index contributed by atoms with van der Waals surface area (Å²) in [7, 11) is 0. The number of rotatable bonds is 9. The van der Waals surface area contributed by atoms with Crippen molar-refractivity contribution in [2.24, 2.45) is 0 Å².